The van der Waals surface area contributed by atoms with Crippen molar-refractivity contribution in [1.29, 1.82) is 0 Å². The van der Waals surface area contributed by atoms with Gasteiger partial charge in [0.05, 0.1) is 11.3 Å². The molecule has 6 aromatic carbocycles. The fourth-order valence-electron chi connectivity index (χ4n) is 6.09. The molecule has 0 saturated heterocycles. The molecule has 2 heterocycles. The number of furan rings is 1. The normalized spacial score (nSPS) is 12.1. The van der Waals surface area contributed by atoms with Crippen molar-refractivity contribution in [2.75, 3.05) is 0 Å². The van der Waals surface area contributed by atoms with E-state index in [1.54, 1.807) is 12.3 Å². The maximum atomic E-state index is 10.6. The van der Waals surface area contributed by atoms with Crippen LogP contribution in [0.5, 0.6) is 5.75 Å². The van der Waals surface area contributed by atoms with E-state index in [9.17, 15) is 5.11 Å². The van der Waals surface area contributed by atoms with E-state index in [2.05, 4.69) is 63.2 Å². The van der Waals surface area contributed by atoms with E-state index in [1.165, 1.54) is 0 Å². The summed E-state index contributed by atoms with van der Waals surface area (Å²) in [5.41, 5.74) is 10.5. The summed E-state index contributed by atoms with van der Waals surface area (Å²) >= 11 is 0. The first kappa shape index (κ1) is 28.5. The molecule has 47 heavy (non-hydrogen) atoms. The lowest BCUT2D eigenvalue weighted by molar-refractivity contribution is 0.473. The van der Waals surface area contributed by atoms with Crippen LogP contribution in [-0.2, 0) is 5.41 Å². The number of oxazole rings is 1. The van der Waals surface area contributed by atoms with Gasteiger partial charge in [0.25, 0.3) is 0 Å². The van der Waals surface area contributed by atoms with Gasteiger partial charge in [0.15, 0.2) is 5.58 Å². The molecular weight excluding hydrogens is 580 g/mol. The number of nitrogens with zero attached hydrogens (tertiary/aromatic N) is 2. The van der Waals surface area contributed by atoms with Crippen molar-refractivity contribution in [2.45, 2.75) is 26.2 Å². The first-order valence-corrected chi connectivity index (χ1v) is 15.7. The van der Waals surface area contributed by atoms with Crippen LogP contribution in [0.2, 0.25) is 0 Å². The number of hydrogen-bond acceptors (Lipinski definition) is 5. The molecule has 5 nitrogen and oxygen atoms in total. The predicted molar refractivity (Wildman–Crippen MR) is 192 cm³/mol. The van der Waals surface area contributed by atoms with E-state index in [-0.39, 0.29) is 11.2 Å². The second kappa shape index (κ2) is 11.1. The Morgan fingerprint density at radius 1 is 0.617 bits per heavy atom. The predicted octanol–water partition coefficient (Wildman–Crippen LogP) is 11.5. The molecule has 0 fully saturated rings. The van der Waals surface area contributed by atoms with Gasteiger partial charge in [-0.25, -0.2) is 4.98 Å². The van der Waals surface area contributed by atoms with Crippen LogP contribution in [0.15, 0.2) is 141 Å². The molecule has 0 bridgehead atoms. The highest BCUT2D eigenvalue weighted by Crippen LogP contribution is 2.40. The van der Waals surface area contributed by atoms with Crippen molar-refractivity contribution in [1.82, 2.24) is 4.98 Å². The quantitative estimate of drug-likeness (QED) is 0.196. The Kier molecular flexibility index (Phi) is 6.76. The highest BCUT2D eigenvalue weighted by Gasteiger charge is 2.19. The summed E-state index contributed by atoms with van der Waals surface area (Å²) in [5.74, 6) is 0.661. The van der Waals surface area contributed by atoms with Crippen molar-refractivity contribution in [2.24, 2.45) is 4.99 Å². The number of aromatic hydroxyl groups is 1. The van der Waals surface area contributed by atoms with E-state index in [1.807, 2.05) is 78.9 Å². The molecule has 0 aliphatic heterocycles. The van der Waals surface area contributed by atoms with Gasteiger partial charge in [0, 0.05) is 28.1 Å². The van der Waals surface area contributed by atoms with E-state index >= 15 is 0 Å². The van der Waals surface area contributed by atoms with E-state index in [4.69, 9.17) is 18.8 Å². The van der Waals surface area contributed by atoms with Crippen LogP contribution >= 0.6 is 0 Å². The Morgan fingerprint density at radius 3 is 2.23 bits per heavy atom. The molecule has 0 radical (unpaired) electrons. The van der Waals surface area contributed by atoms with Crippen LogP contribution in [0.25, 0.3) is 66.7 Å². The lowest BCUT2D eigenvalue weighted by Gasteiger charge is -2.19. The van der Waals surface area contributed by atoms with Crippen molar-refractivity contribution in [3.05, 3.63) is 139 Å². The van der Waals surface area contributed by atoms with Gasteiger partial charge in [-0.1, -0.05) is 93.6 Å². The standard InChI is InChI=1S/C42H32N2O3/c1-42(2,3)30-18-19-36(45)29(21-30)25-43-35-15-9-7-14-32(35)41-44-40-33(26-11-5-4-6-12-26)23-28(24-39(40)47-41)27-17-20-38-34(22-27)31-13-8-10-16-37(31)46-38/h4-25,45H,1-3H3. The summed E-state index contributed by atoms with van der Waals surface area (Å²) < 4.78 is 12.6. The van der Waals surface area contributed by atoms with Gasteiger partial charge < -0.3 is 13.9 Å². The first-order valence-electron chi connectivity index (χ1n) is 15.7. The number of rotatable bonds is 5. The summed E-state index contributed by atoms with van der Waals surface area (Å²) in [4.78, 5) is 9.86. The van der Waals surface area contributed by atoms with Crippen LogP contribution in [0.1, 0.15) is 31.9 Å². The topological polar surface area (TPSA) is 71.8 Å². The smallest absolute Gasteiger partial charge is 0.229 e. The van der Waals surface area contributed by atoms with Crippen molar-refractivity contribution >= 4 is 44.9 Å². The third kappa shape index (κ3) is 5.26. The van der Waals surface area contributed by atoms with Gasteiger partial charge in [-0.2, -0.15) is 0 Å². The minimum Gasteiger partial charge on any atom is -0.507 e. The third-order valence-electron chi connectivity index (χ3n) is 8.66. The number of benzene rings is 6. The summed E-state index contributed by atoms with van der Waals surface area (Å²) in [6, 6.07) is 42.4. The molecule has 0 unspecified atom stereocenters. The van der Waals surface area contributed by atoms with Gasteiger partial charge in [0.2, 0.25) is 5.89 Å². The summed E-state index contributed by atoms with van der Waals surface area (Å²) in [6.45, 7) is 6.45. The molecule has 0 amide bonds. The van der Waals surface area contributed by atoms with E-state index in [0.29, 0.717) is 22.7 Å². The largest absolute Gasteiger partial charge is 0.507 e. The molecule has 2 aromatic heterocycles. The molecule has 228 valence electrons. The van der Waals surface area contributed by atoms with Gasteiger partial charge in [-0.15, -0.1) is 0 Å². The molecule has 0 aliphatic rings. The highest BCUT2D eigenvalue weighted by molar-refractivity contribution is 6.07. The highest BCUT2D eigenvalue weighted by atomic mass is 16.3. The van der Waals surface area contributed by atoms with Gasteiger partial charge in [0.1, 0.15) is 22.4 Å². The first-order chi connectivity index (χ1) is 22.8. The Balaban J connectivity index is 1.26. The Hall–Kier alpha value is -5.94. The second-order valence-electron chi connectivity index (χ2n) is 12.9. The maximum Gasteiger partial charge on any atom is 0.229 e. The number of phenols is 1. The average Bonchev–Trinajstić information content (AvgIpc) is 3.69. The molecule has 0 atom stereocenters. The summed E-state index contributed by atoms with van der Waals surface area (Å²) in [5, 5.41) is 12.8. The van der Waals surface area contributed by atoms with Crippen LogP contribution in [0.3, 0.4) is 0 Å². The summed E-state index contributed by atoms with van der Waals surface area (Å²) in [7, 11) is 0. The van der Waals surface area contributed by atoms with Gasteiger partial charge in [-0.05, 0) is 82.3 Å². The Labute approximate surface area is 272 Å². The summed E-state index contributed by atoms with van der Waals surface area (Å²) in [6.07, 6.45) is 1.70. The minimum atomic E-state index is -0.0558. The fraction of sp³-hybridized carbons (Fsp3) is 0.0952. The SMILES string of the molecule is CC(C)(C)c1ccc(O)c(C=Nc2ccccc2-c2nc3c(-c4ccccc4)cc(-c4ccc5oc6ccccc6c5c4)cc3o2)c1. The van der Waals surface area contributed by atoms with Gasteiger partial charge >= 0.3 is 0 Å². The zero-order chi connectivity index (χ0) is 32.1. The lowest BCUT2D eigenvalue weighted by Crippen LogP contribution is -2.11. The van der Waals surface area contributed by atoms with Crippen LogP contribution in [0.4, 0.5) is 5.69 Å². The van der Waals surface area contributed by atoms with Crippen molar-refractivity contribution in [3.8, 4) is 39.5 Å². The Bertz CT molecular complexity index is 2460. The molecule has 8 rings (SSSR count). The third-order valence-corrected chi connectivity index (χ3v) is 8.66. The monoisotopic (exact) mass is 612 g/mol. The molecule has 0 aliphatic carbocycles. The Morgan fingerprint density at radius 2 is 1.38 bits per heavy atom. The van der Waals surface area contributed by atoms with Crippen LogP contribution in [-0.4, -0.2) is 16.3 Å². The molecule has 1 N–H and O–H groups in total. The molecule has 0 spiro atoms. The lowest BCUT2D eigenvalue weighted by atomic mass is 9.86. The van der Waals surface area contributed by atoms with Crippen LogP contribution < -0.4 is 0 Å². The number of fused-ring (bicyclic) bond motifs is 4. The molecular formula is C42H32N2O3. The maximum absolute atomic E-state index is 10.6. The average molecular weight is 613 g/mol. The number of hydrogen-bond donors (Lipinski definition) is 1. The van der Waals surface area contributed by atoms with E-state index < -0.39 is 0 Å². The van der Waals surface area contributed by atoms with Gasteiger partial charge in [-0.3, -0.25) is 4.99 Å². The number of aliphatic imine (C=N–C) groups is 1. The molecule has 0 saturated carbocycles. The van der Waals surface area contributed by atoms with E-state index in [0.717, 1.165) is 60.8 Å². The number of phenolic OH excluding ortho intramolecular Hbond substituents is 1. The molecule has 5 heteroatoms. The van der Waals surface area contributed by atoms with Crippen molar-refractivity contribution < 1.29 is 13.9 Å². The van der Waals surface area contributed by atoms with Crippen molar-refractivity contribution in [3.63, 3.8) is 0 Å². The second-order valence-corrected chi connectivity index (χ2v) is 12.9. The zero-order valence-corrected chi connectivity index (χ0v) is 26.4. The zero-order valence-electron chi connectivity index (χ0n) is 26.4. The molecule has 8 aromatic rings. The minimum absolute atomic E-state index is 0.0558. The number of para-hydroxylation sites is 2. The fourth-order valence-corrected chi connectivity index (χ4v) is 6.09. The number of aromatic nitrogens is 1. The van der Waals surface area contributed by atoms with Crippen LogP contribution in [0, 0.1) is 0 Å².